The van der Waals surface area contributed by atoms with Gasteiger partial charge in [-0.05, 0) is 11.8 Å². The Labute approximate surface area is 279 Å². The first-order chi connectivity index (χ1) is 23.1. The molecule has 0 radical (unpaired) electrons. The Balaban J connectivity index is 1.21. The minimum atomic E-state index is -4.37. The van der Waals surface area contributed by atoms with Gasteiger partial charge < -0.3 is 29.1 Å². The van der Waals surface area contributed by atoms with E-state index in [2.05, 4.69) is 52.5 Å². The number of rotatable bonds is 0. The van der Waals surface area contributed by atoms with Gasteiger partial charge in [-0.1, -0.05) is 24.4 Å². The fraction of sp³-hybridized carbons (Fsp3) is 0.542. The Kier molecular flexibility index (Phi) is 8.56. The summed E-state index contributed by atoms with van der Waals surface area (Å²) in [4.78, 5) is 42.8. The van der Waals surface area contributed by atoms with Crippen LogP contribution in [-0.4, -0.2) is 110 Å². The van der Waals surface area contributed by atoms with Gasteiger partial charge in [-0.3, -0.25) is 28.1 Å². The van der Waals surface area contributed by atoms with Crippen LogP contribution in [0.2, 0.25) is 0 Å². The van der Waals surface area contributed by atoms with Gasteiger partial charge >= 0.3 is 13.5 Å². The van der Waals surface area contributed by atoms with Crippen LogP contribution in [0.4, 0.5) is 20.4 Å². The number of fused-ring (bicyclic) bond motifs is 10. The summed E-state index contributed by atoms with van der Waals surface area (Å²) < 4.78 is 81.5. The van der Waals surface area contributed by atoms with Gasteiger partial charge in [0.1, 0.15) is 49.1 Å². The van der Waals surface area contributed by atoms with Gasteiger partial charge in [0.2, 0.25) is 0 Å². The quantitative estimate of drug-likeness (QED) is 0.165. The predicted molar refractivity (Wildman–Crippen MR) is 167 cm³/mol. The second kappa shape index (κ2) is 12.6. The normalized spacial score (nSPS) is 38.9. The van der Waals surface area contributed by atoms with Crippen molar-refractivity contribution in [2.75, 3.05) is 43.2 Å². The largest absolute Gasteiger partial charge is 0.386 e. The zero-order chi connectivity index (χ0) is 33.2. The molecule has 6 aliphatic heterocycles. The smallest absolute Gasteiger partial charge is 0.365 e. The van der Waals surface area contributed by atoms with Crippen molar-refractivity contribution in [1.29, 1.82) is 0 Å². The molecule has 3 aromatic rings. The van der Waals surface area contributed by atoms with E-state index in [4.69, 9.17) is 39.4 Å². The molecule has 10 atom stereocenters. The summed E-state index contributed by atoms with van der Waals surface area (Å²) >= 11 is 9.29. The van der Waals surface area contributed by atoms with Crippen LogP contribution in [0.15, 0.2) is 41.1 Å². The van der Waals surface area contributed by atoms with Crippen molar-refractivity contribution in [2.45, 2.75) is 49.2 Å². The van der Waals surface area contributed by atoms with E-state index in [9.17, 15) is 9.46 Å². The lowest BCUT2D eigenvalue weighted by molar-refractivity contribution is -0.0514. The highest BCUT2D eigenvalue weighted by Crippen LogP contribution is 2.58. The Morgan fingerprint density at radius 2 is 1.71 bits per heavy atom. The number of hydrogen-bond donors (Lipinski definition) is 3. The van der Waals surface area contributed by atoms with E-state index in [1.807, 2.05) is 6.08 Å². The molecular formula is C24H26F2N10O8P2S2. The van der Waals surface area contributed by atoms with E-state index in [0.29, 0.717) is 23.2 Å². The fourth-order valence-corrected chi connectivity index (χ4v) is 8.87. The maximum absolute atomic E-state index is 16.3. The van der Waals surface area contributed by atoms with Gasteiger partial charge in [0.25, 0.3) is 0 Å². The summed E-state index contributed by atoms with van der Waals surface area (Å²) in [5.41, 5.74) is 0.822. The van der Waals surface area contributed by atoms with Crippen molar-refractivity contribution in [3.05, 3.63) is 42.0 Å². The fourth-order valence-electron chi connectivity index (χ4n) is 5.95. The van der Waals surface area contributed by atoms with Gasteiger partial charge in [-0.15, -0.1) is 0 Å². The number of thiol groups is 1. The first-order valence-electron chi connectivity index (χ1n) is 14.5. The second-order valence-corrected chi connectivity index (χ2v) is 16.7. The lowest BCUT2D eigenvalue weighted by Gasteiger charge is -2.29. The highest BCUT2D eigenvalue weighted by molar-refractivity contribution is 8.44. The maximum atomic E-state index is 16.3. The number of anilines is 2. The minimum Gasteiger partial charge on any atom is -0.365 e. The monoisotopic (exact) mass is 746 g/mol. The standard InChI is InChI=1S/C24H26F2N10O8P2S2/c25-13-17-11-5-39-46(38,48)44-18-12(6-40-45(37,47)43-17)42-24(14(18)26)36-10-34-16-20(30-8-32-22(16)36)28-4-2-1-3-27-19-15-21(31-7-29-19)35(9-33-15)23(13)41-11/h1-2,7-9,11-14,17-18,23-24H,3-6,10H2,(H,37,47)(H,38,48)(H,27,29,31)/b2-1+,28-20?/t11-,12-,13-,14-,17-,18-,23-,24-,45?,46?/m1/s1. The van der Waals surface area contributed by atoms with Crippen LogP contribution in [0, 0.1) is 0 Å². The zero-order valence-corrected chi connectivity index (χ0v) is 27.9. The van der Waals surface area contributed by atoms with Crippen molar-refractivity contribution < 1.29 is 45.8 Å². The molecule has 14 bridgehead atoms. The number of nitrogens with one attached hydrogen (secondary N) is 1. The van der Waals surface area contributed by atoms with Crippen LogP contribution in [0.3, 0.4) is 0 Å². The van der Waals surface area contributed by atoms with Crippen LogP contribution in [-0.2, 0) is 43.9 Å². The molecule has 3 fully saturated rings. The number of hydrogen-bond acceptors (Lipinski definition) is 17. The molecule has 9 rings (SSSR count). The average molecular weight is 747 g/mol. The highest BCUT2D eigenvalue weighted by atomic mass is 32.7. The van der Waals surface area contributed by atoms with Gasteiger partial charge in [0.15, 0.2) is 53.1 Å². The molecular weight excluding hydrogens is 720 g/mol. The molecule has 256 valence electrons. The van der Waals surface area contributed by atoms with E-state index in [0.717, 1.165) is 0 Å². The van der Waals surface area contributed by atoms with Gasteiger partial charge in [0, 0.05) is 6.54 Å². The van der Waals surface area contributed by atoms with Crippen LogP contribution in [0.5, 0.6) is 0 Å². The topological polar surface area (TPSA) is 202 Å². The molecule has 0 saturated carbocycles. The third kappa shape index (κ3) is 5.96. The van der Waals surface area contributed by atoms with Gasteiger partial charge in [-0.2, -0.15) is 0 Å². The van der Waals surface area contributed by atoms with Crippen molar-refractivity contribution >= 4 is 60.4 Å². The summed E-state index contributed by atoms with van der Waals surface area (Å²) in [5, 5.41) is 3.46. The molecule has 0 aromatic carbocycles. The number of alkyl halides is 2. The molecule has 3 aromatic heterocycles. The Morgan fingerprint density at radius 3 is 2.56 bits per heavy atom. The molecule has 0 aliphatic carbocycles. The number of ether oxygens (including phenoxy) is 2. The molecule has 9 heterocycles. The van der Waals surface area contributed by atoms with Crippen molar-refractivity contribution in [1.82, 2.24) is 29.5 Å². The van der Waals surface area contributed by atoms with Crippen LogP contribution in [0.1, 0.15) is 6.23 Å². The van der Waals surface area contributed by atoms with E-state index < -0.39 is 75.9 Å². The Hall–Kier alpha value is -2.62. The SMILES string of the molecule is O=P1(S)OC[C@H]2O[C@@H]3[C@H](F)[C@@H]2OP(O)(=S)OC[C@H]2O[C@H]([C@H](F)[C@@H]2O1)n1cnc2c(ncnc21)NC/C=C/CN=c1ncnc2c1=NCN23. The van der Waals surface area contributed by atoms with Crippen LogP contribution in [0.25, 0.3) is 11.2 Å². The van der Waals surface area contributed by atoms with E-state index >= 15 is 8.78 Å². The summed E-state index contributed by atoms with van der Waals surface area (Å²) in [6.07, 6.45) is -5.03. The molecule has 18 nitrogen and oxygen atoms in total. The average Bonchev–Trinajstić information content (AvgIpc) is 3.81. The summed E-state index contributed by atoms with van der Waals surface area (Å²) in [6, 6.07) is 0. The lowest BCUT2D eigenvalue weighted by atomic mass is 10.1. The second-order valence-electron chi connectivity index (χ2n) is 11.1. The number of aromatic nitrogens is 6. The number of halogens is 2. The maximum Gasteiger partial charge on any atom is 0.386 e. The van der Waals surface area contributed by atoms with Crippen LogP contribution < -0.4 is 21.1 Å². The highest BCUT2D eigenvalue weighted by Gasteiger charge is 2.55. The van der Waals surface area contributed by atoms with Crippen molar-refractivity contribution in [3.63, 3.8) is 0 Å². The molecule has 2 unspecified atom stereocenters. The minimum absolute atomic E-state index is 0.0673. The van der Waals surface area contributed by atoms with Crippen molar-refractivity contribution in [3.8, 4) is 0 Å². The summed E-state index contributed by atoms with van der Waals surface area (Å²) in [5.74, 6) is 0.619. The third-order valence-electron chi connectivity index (χ3n) is 8.13. The number of nitrogens with zero attached hydrogens (tertiary/aromatic N) is 9. The molecule has 0 amide bonds. The Morgan fingerprint density at radius 1 is 0.958 bits per heavy atom. The molecule has 24 heteroatoms. The zero-order valence-electron chi connectivity index (χ0n) is 24.4. The predicted octanol–water partition coefficient (Wildman–Crippen LogP) is 0.685. The molecule has 48 heavy (non-hydrogen) atoms. The lowest BCUT2D eigenvalue weighted by Crippen LogP contribution is -2.44. The van der Waals surface area contributed by atoms with Crippen molar-refractivity contribution in [2.24, 2.45) is 9.98 Å². The van der Waals surface area contributed by atoms with Crippen LogP contribution >= 0.6 is 25.8 Å². The van der Waals surface area contributed by atoms with Gasteiger partial charge in [-0.25, -0.2) is 38.3 Å². The molecule has 2 N–H and O–H groups in total. The van der Waals surface area contributed by atoms with Gasteiger partial charge in [0.05, 0.1) is 26.1 Å². The molecule has 6 aliphatic rings. The van der Waals surface area contributed by atoms with E-state index in [1.165, 1.54) is 28.4 Å². The first-order valence-corrected chi connectivity index (χ1v) is 19.8. The summed E-state index contributed by atoms with van der Waals surface area (Å²) in [6.45, 7) is -9.31. The third-order valence-corrected chi connectivity index (χ3v) is 11.3. The molecule has 0 spiro atoms. The number of imidazole rings is 1. The van der Waals surface area contributed by atoms with E-state index in [1.54, 1.807) is 6.08 Å². The molecule has 3 saturated heterocycles. The Bertz CT molecular complexity index is 2000. The summed E-state index contributed by atoms with van der Waals surface area (Å²) in [7, 11) is 0. The van der Waals surface area contributed by atoms with E-state index in [-0.39, 0.29) is 30.2 Å². The first kappa shape index (κ1) is 32.6.